The minimum absolute atomic E-state index is 0.0648. The largest absolute Gasteiger partial charge is 0.339 e. The maximum Gasteiger partial charge on any atom is 0.253 e. The summed E-state index contributed by atoms with van der Waals surface area (Å²) in [5.74, 6) is 0.0273. The lowest BCUT2D eigenvalue weighted by Crippen LogP contribution is -2.31. The first-order chi connectivity index (χ1) is 11.2. The number of benzene rings is 1. The number of hydrogen-bond acceptors (Lipinski definition) is 3. The molecule has 0 radical (unpaired) electrons. The van der Waals surface area contributed by atoms with Crippen LogP contribution in [0.15, 0.2) is 24.3 Å². The summed E-state index contributed by atoms with van der Waals surface area (Å²) < 4.78 is 0. The molecule has 1 fully saturated rings. The maximum atomic E-state index is 12.5. The van der Waals surface area contributed by atoms with E-state index in [0.717, 1.165) is 44.6 Å². The van der Waals surface area contributed by atoms with Gasteiger partial charge >= 0.3 is 0 Å². The van der Waals surface area contributed by atoms with Crippen molar-refractivity contribution in [3.63, 3.8) is 0 Å². The molecule has 0 saturated carbocycles. The molecule has 0 aliphatic carbocycles. The molecule has 0 aromatic heterocycles. The highest BCUT2D eigenvalue weighted by Gasteiger charge is 2.17. The van der Waals surface area contributed by atoms with Gasteiger partial charge in [-0.1, -0.05) is 19.8 Å². The van der Waals surface area contributed by atoms with E-state index in [1.54, 1.807) is 24.3 Å². The van der Waals surface area contributed by atoms with Crippen LogP contribution in [-0.2, 0) is 4.79 Å². The van der Waals surface area contributed by atoms with Crippen molar-refractivity contribution in [3.8, 4) is 0 Å². The zero-order valence-corrected chi connectivity index (χ0v) is 13.9. The van der Waals surface area contributed by atoms with E-state index in [9.17, 15) is 9.59 Å². The molecule has 0 bridgehead atoms. The summed E-state index contributed by atoms with van der Waals surface area (Å²) in [5, 5.41) is 5.89. The molecular weight excluding hydrogens is 290 g/mol. The highest BCUT2D eigenvalue weighted by molar-refractivity contribution is 5.96. The van der Waals surface area contributed by atoms with Crippen LogP contribution < -0.4 is 10.6 Å². The molecule has 5 nitrogen and oxygen atoms in total. The van der Waals surface area contributed by atoms with Crippen molar-refractivity contribution in [2.45, 2.75) is 39.0 Å². The van der Waals surface area contributed by atoms with Gasteiger partial charge in [-0.2, -0.15) is 0 Å². The summed E-state index contributed by atoms with van der Waals surface area (Å²) in [4.78, 5) is 26.2. The smallest absolute Gasteiger partial charge is 0.253 e. The second-order valence-corrected chi connectivity index (χ2v) is 6.01. The number of carbonyl (C=O) groups excluding carboxylic acids is 2. The van der Waals surface area contributed by atoms with Gasteiger partial charge in [-0.05, 0) is 50.1 Å². The van der Waals surface area contributed by atoms with Gasteiger partial charge in [0.05, 0.1) is 6.54 Å². The van der Waals surface area contributed by atoms with Crippen molar-refractivity contribution in [1.29, 1.82) is 0 Å². The molecule has 1 aliphatic heterocycles. The van der Waals surface area contributed by atoms with Gasteiger partial charge in [0, 0.05) is 24.3 Å². The standard InChI is InChI=1S/C18H27N3O2/c1-2-11-19-14-17(22)20-16-9-7-15(8-10-16)18(23)21-12-5-3-4-6-13-21/h7-10,19H,2-6,11-14H2,1H3,(H,20,22). The lowest BCUT2D eigenvalue weighted by molar-refractivity contribution is -0.115. The summed E-state index contributed by atoms with van der Waals surface area (Å²) in [6.07, 6.45) is 5.59. The van der Waals surface area contributed by atoms with Crippen LogP contribution in [0.2, 0.25) is 0 Å². The second-order valence-electron chi connectivity index (χ2n) is 6.01. The summed E-state index contributed by atoms with van der Waals surface area (Å²) in [6, 6.07) is 7.18. The average Bonchev–Trinajstić information content (AvgIpc) is 2.84. The van der Waals surface area contributed by atoms with Gasteiger partial charge in [0.15, 0.2) is 0 Å². The first-order valence-electron chi connectivity index (χ1n) is 8.60. The van der Waals surface area contributed by atoms with E-state index in [1.807, 2.05) is 4.90 Å². The Morgan fingerprint density at radius 2 is 1.70 bits per heavy atom. The zero-order valence-electron chi connectivity index (χ0n) is 13.9. The normalized spacial score (nSPS) is 15.1. The van der Waals surface area contributed by atoms with Crippen LogP contribution in [0.5, 0.6) is 0 Å². The molecule has 0 atom stereocenters. The molecule has 2 rings (SSSR count). The summed E-state index contributed by atoms with van der Waals surface area (Å²) in [7, 11) is 0. The molecule has 1 saturated heterocycles. The van der Waals surface area contributed by atoms with Crippen molar-refractivity contribution in [1.82, 2.24) is 10.2 Å². The molecule has 2 amide bonds. The van der Waals surface area contributed by atoms with Gasteiger partial charge in [0.2, 0.25) is 5.91 Å². The van der Waals surface area contributed by atoms with Crippen LogP contribution in [0.3, 0.4) is 0 Å². The number of nitrogens with zero attached hydrogens (tertiary/aromatic N) is 1. The molecule has 1 heterocycles. The maximum absolute atomic E-state index is 12.5. The first kappa shape index (κ1) is 17.5. The van der Waals surface area contributed by atoms with Crippen LogP contribution in [0, 0.1) is 0 Å². The van der Waals surface area contributed by atoms with Crippen LogP contribution in [0.1, 0.15) is 49.4 Å². The second kappa shape index (κ2) is 9.30. The molecule has 0 spiro atoms. The van der Waals surface area contributed by atoms with Crippen LogP contribution in [0.25, 0.3) is 0 Å². The minimum Gasteiger partial charge on any atom is -0.339 e. The van der Waals surface area contributed by atoms with Crippen molar-refractivity contribution >= 4 is 17.5 Å². The van der Waals surface area contributed by atoms with Gasteiger partial charge in [-0.15, -0.1) is 0 Å². The number of amides is 2. The van der Waals surface area contributed by atoms with Gasteiger partial charge in [0.25, 0.3) is 5.91 Å². The molecule has 1 aromatic carbocycles. The fourth-order valence-electron chi connectivity index (χ4n) is 2.74. The fraction of sp³-hybridized carbons (Fsp3) is 0.556. The fourth-order valence-corrected chi connectivity index (χ4v) is 2.74. The van der Waals surface area contributed by atoms with Crippen molar-refractivity contribution < 1.29 is 9.59 Å². The predicted octanol–water partition coefficient (Wildman–Crippen LogP) is 2.64. The summed E-state index contributed by atoms with van der Waals surface area (Å²) >= 11 is 0. The molecule has 23 heavy (non-hydrogen) atoms. The zero-order chi connectivity index (χ0) is 16.5. The van der Waals surface area contributed by atoms with Crippen molar-refractivity contribution in [2.75, 3.05) is 31.5 Å². The predicted molar refractivity (Wildman–Crippen MR) is 92.6 cm³/mol. The Bertz CT molecular complexity index is 506. The molecule has 1 aromatic rings. The monoisotopic (exact) mass is 317 g/mol. The molecular formula is C18H27N3O2. The molecule has 5 heteroatoms. The van der Waals surface area contributed by atoms with E-state index in [2.05, 4.69) is 17.6 Å². The first-order valence-corrected chi connectivity index (χ1v) is 8.60. The number of nitrogens with one attached hydrogen (secondary N) is 2. The Morgan fingerprint density at radius 1 is 1.04 bits per heavy atom. The SMILES string of the molecule is CCCNCC(=O)Nc1ccc(C(=O)N2CCCCCC2)cc1. The number of anilines is 1. The van der Waals surface area contributed by atoms with Crippen LogP contribution in [-0.4, -0.2) is 42.9 Å². The number of hydrogen-bond donors (Lipinski definition) is 2. The molecule has 126 valence electrons. The Labute approximate surface area is 138 Å². The highest BCUT2D eigenvalue weighted by atomic mass is 16.2. The number of likely N-dealkylation sites (tertiary alicyclic amines) is 1. The molecule has 2 N–H and O–H groups in total. The third-order valence-electron chi connectivity index (χ3n) is 4.02. The Morgan fingerprint density at radius 3 is 2.30 bits per heavy atom. The van der Waals surface area contributed by atoms with E-state index < -0.39 is 0 Å². The summed E-state index contributed by atoms with van der Waals surface area (Å²) in [5.41, 5.74) is 1.41. The van der Waals surface area contributed by atoms with Crippen LogP contribution >= 0.6 is 0 Å². The lowest BCUT2D eigenvalue weighted by atomic mass is 10.1. The third-order valence-corrected chi connectivity index (χ3v) is 4.02. The number of carbonyl (C=O) groups is 2. The minimum atomic E-state index is -0.0648. The van der Waals surface area contributed by atoms with E-state index in [4.69, 9.17) is 0 Å². The Hall–Kier alpha value is -1.88. The van der Waals surface area contributed by atoms with Gasteiger partial charge in [0.1, 0.15) is 0 Å². The van der Waals surface area contributed by atoms with Gasteiger partial charge in [-0.3, -0.25) is 9.59 Å². The van der Waals surface area contributed by atoms with Gasteiger partial charge < -0.3 is 15.5 Å². The number of rotatable bonds is 6. The van der Waals surface area contributed by atoms with Crippen LogP contribution in [0.4, 0.5) is 5.69 Å². The quantitative estimate of drug-likeness (QED) is 0.793. The van der Waals surface area contributed by atoms with Crippen molar-refractivity contribution in [2.24, 2.45) is 0 Å². The highest BCUT2D eigenvalue weighted by Crippen LogP contribution is 2.15. The third kappa shape index (κ3) is 5.67. The van der Waals surface area contributed by atoms with E-state index in [1.165, 1.54) is 12.8 Å². The van der Waals surface area contributed by atoms with E-state index in [0.29, 0.717) is 12.1 Å². The summed E-state index contributed by atoms with van der Waals surface area (Å²) in [6.45, 7) is 4.89. The average molecular weight is 317 g/mol. The van der Waals surface area contributed by atoms with Crippen molar-refractivity contribution in [3.05, 3.63) is 29.8 Å². The topological polar surface area (TPSA) is 61.4 Å². The Balaban J connectivity index is 1.88. The van der Waals surface area contributed by atoms with E-state index >= 15 is 0 Å². The Kier molecular flexibility index (Phi) is 7.07. The molecule has 0 unspecified atom stereocenters. The lowest BCUT2D eigenvalue weighted by Gasteiger charge is -2.20. The molecule has 1 aliphatic rings. The van der Waals surface area contributed by atoms with Gasteiger partial charge in [-0.25, -0.2) is 0 Å². The van der Waals surface area contributed by atoms with E-state index in [-0.39, 0.29) is 11.8 Å².